The molecular formula is C60H116O6. The highest BCUT2D eigenvalue weighted by Crippen LogP contribution is 2.18. The van der Waals surface area contributed by atoms with Gasteiger partial charge in [0.15, 0.2) is 6.10 Å². The van der Waals surface area contributed by atoms with Gasteiger partial charge < -0.3 is 14.2 Å². The molecule has 6 heteroatoms. The van der Waals surface area contributed by atoms with Crippen LogP contribution in [0.2, 0.25) is 0 Å². The molecule has 0 spiro atoms. The lowest BCUT2D eigenvalue weighted by molar-refractivity contribution is -0.167. The Hall–Kier alpha value is -1.59. The van der Waals surface area contributed by atoms with Crippen LogP contribution in [0.5, 0.6) is 0 Å². The van der Waals surface area contributed by atoms with Crippen LogP contribution in [-0.4, -0.2) is 37.2 Å². The van der Waals surface area contributed by atoms with Crippen molar-refractivity contribution in [3.63, 3.8) is 0 Å². The van der Waals surface area contributed by atoms with Gasteiger partial charge in [-0.05, 0) is 19.3 Å². The molecule has 0 aliphatic rings. The van der Waals surface area contributed by atoms with Gasteiger partial charge in [0.05, 0.1) is 0 Å². The van der Waals surface area contributed by atoms with Crippen LogP contribution in [0, 0.1) is 0 Å². The van der Waals surface area contributed by atoms with E-state index in [1.165, 1.54) is 250 Å². The molecule has 1 atom stereocenters. The summed E-state index contributed by atoms with van der Waals surface area (Å²) in [6.07, 6.45) is 63.2. The highest BCUT2D eigenvalue weighted by molar-refractivity contribution is 5.71. The second-order valence-electron chi connectivity index (χ2n) is 20.6. The summed E-state index contributed by atoms with van der Waals surface area (Å²) in [6.45, 7) is 6.61. The Kier molecular flexibility index (Phi) is 54.7. The van der Waals surface area contributed by atoms with Gasteiger partial charge in [0.1, 0.15) is 13.2 Å². The molecule has 392 valence electrons. The first-order chi connectivity index (χ1) is 32.5. The molecule has 0 saturated heterocycles. The number of rotatable bonds is 56. The van der Waals surface area contributed by atoms with Crippen LogP contribution in [0.15, 0.2) is 0 Å². The second-order valence-corrected chi connectivity index (χ2v) is 20.6. The van der Waals surface area contributed by atoms with Gasteiger partial charge in [0, 0.05) is 19.3 Å². The monoisotopic (exact) mass is 933 g/mol. The van der Waals surface area contributed by atoms with E-state index in [4.69, 9.17) is 14.2 Å². The van der Waals surface area contributed by atoms with Crippen molar-refractivity contribution in [2.75, 3.05) is 13.2 Å². The first kappa shape index (κ1) is 64.4. The summed E-state index contributed by atoms with van der Waals surface area (Å²) in [7, 11) is 0. The van der Waals surface area contributed by atoms with E-state index in [-0.39, 0.29) is 31.1 Å². The molecular weight excluding hydrogens is 817 g/mol. The van der Waals surface area contributed by atoms with Crippen molar-refractivity contribution in [2.24, 2.45) is 0 Å². The van der Waals surface area contributed by atoms with Crippen LogP contribution < -0.4 is 0 Å². The van der Waals surface area contributed by atoms with Crippen molar-refractivity contribution < 1.29 is 28.6 Å². The Labute approximate surface area is 412 Å². The van der Waals surface area contributed by atoms with Gasteiger partial charge in [-0.3, -0.25) is 14.4 Å². The molecule has 0 fully saturated rings. The van der Waals surface area contributed by atoms with E-state index in [1.807, 2.05) is 0 Å². The van der Waals surface area contributed by atoms with Gasteiger partial charge in [0.2, 0.25) is 0 Å². The second kappa shape index (κ2) is 56.0. The Morgan fingerprint density at radius 2 is 0.409 bits per heavy atom. The van der Waals surface area contributed by atoms with Gasteiger partial charge in [-0.2, -0.15) is 0 Å². The number of hydrogen-bond acceptors (Lipinski definition) is 6. The maximum absolute atomic E-state index is 12.7. The third-order valence-electron chi connectivity index (χ3n) is 13.9. The Bertz CT molecular complexity index is 982. The summed E-state index contributed by atoms with van der Waals surface area (Å²) in [5, 5.41) is 0. The summed E-state index contributed by atoms with van der Waals surface area (Å²) >= 11 is 0. The summed E-state index contributed by atoms with van der Waals surface area (Å²) in [5.74, 6) is -0.855. The van der Waals surface area contributed by atoms with E-state index in [9.17, 15) is 14.4 Å². The van der Waals surface area contributed by atoms with E-state index < -0.39 is 6.10 Å². The smallest absolute Gasteiger partial charge is 0.306 e. The number of hydrogen-bond donors (Lipinski definition) is 0. The quantitative estimate of drug-likeness (QED) is 0.0343. The summed E-state index contributed by atoms with van der Waals surface area (Å²) in [4.78, 5) is 37.7. The summed E-state index contributed by atoms with van der Waals surface area (Å²) < 4.78 is 16.7. The lowest BCUT2D eigenvalue weighted by atomic mass is 10.0. The van der Waals surface area contributed by atoms with E-state index in [0.717, 1.165) is 57.8 Å². The zero-order chi connectivity index (χ0) is 47.9. The highest BCUT2D eigenvalue weighted by Gasteiger charge is 2.19. The normalized spacial score (nSPS) is 11.9. The Balaban J connectivity index is 3.78. The van der Waals surface area contributed by atoms with Crippen LogP contribution in [0.3, 0.4) is 0 Å². The molecule has 0 aliphatic heterocycles. The minimum Gasteiger partial charge on any atom is -0.462 e. The van der Waals surface area contributed by atoms with Crippen molar-refractivity contribution in [3.8, 4) is 0 Å². The van der Waals surface area contributed by atoms with Gasteiger partial charge in [0.25, 0.3) is 0 Å². The fourth-order valence-corrected chi connectivity index (χ4v) is 9.33. The molecule has 0 aromatic heterocycles. The third-order valence-corrected chi connectivity index (χ3v) is 13.9. The van der Waals surface area contributed by atoms with Crippen LogP contribution in [-0.2, 0) is 28.6 Å². The maximum atomic E-state index is 12.7. The van der Waals surface area contributed by atoms with E-state index in [2.05, 4.69) is 20.8 Å². The van der Waals surface area contributed by atoms with E-state index in [0.29, 0.717) is 19.3 Å². The first-order valence-electron chi connectivity index (χ1n) is 30.0. The van der Waals surface area contributed by atoms with Crippen LogP contribution in [0.25, 0.3) is 0 Å². The predicted octanol–water partition coefficient (Wildman–Crippen LogP) is 19.9. The van der Waals surface area contributed by atoms with Gasteiger partial charge in [-0.25, -0.2) is 0 Å². The van der Waals surface area contributed by atoms with Crippen LogP contribution in [0.1, 0.15) is 348 Å². The Morgan fingerprint density at radius 1 is 0.242 bits per heavy atom. The minimum atomic E-state index is -0.758. The Morgan fingerprint density at radius 3 is 0.606 bits per heavy atom. The van der Waals surface area contributed by atoms with Gasteiger partial charge in [-0.15, -0.1) is 0 Å². The number of esters is 3. The molecule has 6 nitrogen and oxygen atoms in total. The van der Waals surface area contributed by atoms with Crippen molar-refractivity contribution in [1.82, 2.24) is 0 Å². The molecule has 66 heavy (non-hydrogen) atoms. The topological polar surface area (TPSA) is 78.9 Å². The van der Waals surface area contributed by atoms with Crippen LogP contribution >= 0.6 is 0 Å². The zero-order valence-electron chi connectivity index (χ0n) is 45.0. The number of carbonyl (C=O) groups excluding carboxylic acids is 3. The summed E-state index contributed by atoms with van der Waals surface area (Å²) in [6, 6.07) is 0. The van der Waals surface area contributed by atoms with Crippen molar-refractivity contribution in [2.45, 2.75) is 354 Å². The molecule has 1 unspecified atom stereocenters. The number of carbonyl (C=O) groups is 3. The summed E-state index contributed by atoms with van der Waals surface area (Å²) in [5.41, 5.74) is 0. The number of ether oxygens (including phenoxy) is 3. The predicted molar refractivity (Wildman–Crippen MR) is 284 cm³/mol. The molecule has 0 rings (SSSR count). The fraction of sp³-hybridized carbons (Fsp3) is 0.950. The standard InChI is InChI=1S/C60H116O6/c1-4-7-10-13-16-18-19-20-21-22-23-24-25-26-27-28-29-30-31-32-33-34-35-36-37-38-39-40-41-42-45-47-50-53-59(62)65-56-57(55-64-58(61)52-49-46-43-15-12-9-6-3)66-60(63)54-51-48-44-17-14-11-8-5-2/h57H,4-56H2,1-3H3. The molecule has 0 aromatic carbocycles. The molecule has 0 bridgehead atoms. The van der Waals surface area contributed by atoms with Crippen molar-refractivity contribution in [3.05, 3.63) is 0 Å². The fourth-order valence-electron chi connectivity index (χ4n) is 9.33. The van der Waals surface area contributed by atoms with Crippen molar-refractivity contribution in [1.29, 1.82) is 0 Å². The molecule has 0 radical (unpaired) electrons. The highest BCUT2D eigenvalue weighted by atomic mass is 16.6. The van der Waals surface area contributed by atoms with Crippen molar-refractivity contribution >= 4 is 17.9 Å². The first-order valence-corrected chi connectivity index (χ1v) is 30.0. The van der Waals surface area contributed by atoms with Gasteiger partial charge >= 0.3 is 17.9 Å². The average Bonchev–Trinajstić information content (AvgIpc) is 3.31. The average molecular weight is 934 g/mol. The maximum Gasteiger partial charge on any atom is 0.306 e. The molecule has 0 N–H and O–H groups in total. The van der Waals surface area contributed by atoms with E-state index >= 15 is 0 Å². The molecule has 0 aromatic rings. The van der Waals surface area contributed by atoms with Gasteiger partial charge in [-0.1, -0.05) is 310 Å². The largest absolute Gasteiger partial charge is 0.462 e. The number of unbranched alkanes of at least 4 members (excludes halogenated alkanes) is 45. The van der Waals surface area contributed by atoms with Crippen LogP contribution in [0.4, 0.5) is 0 Å². The van der Waals surface area contributed by atoms with E-state index in [1.54, 1.807) is 0 Å². The zero-order valence-corrected chi connectivity index (χ0v) is 45.0. The molecule has 0 heterocycles. The lowest BCUT2D eigenvalue weighted by Crippen LogP contribution is -2.30. The minimum absolute atomic E-state index is 0.0631. The molecule has 0 aliphatic carbocycles. The third kappa shape index (κ3) is 53.4. The SMILES string of the molecule is CCCCCCCCCCCCCCCCCCCCCCCCCCCCCCCCCCCC(=O)OCC(COC(=O)CCCCCCCCC)OC(=O)CCCCCCCCCC. The molecule has 0 saturated carbocycles. The lowest BCUT2D eigenvalue weighted by Gasteiger charge is -2.18. The molecule has 0 amide bonds.